The zero-order valence-corrected chi connectivity index (χ0v) is 16.4. The van der Waals surface area contributed by atoms with Gasteiger partial charge in [0.1, 0.15) is 5.84 Å². The van der Waals surface area contributed by atoms with Gasteiger partial charge < -0.3 is 5.73 Å². The molecule has 0 radical (unpaired) electrons. The second-order valence-electron chi connectivity index (χ2n) is 7.02. The third-order valence-corrected chi connectivity index (χ3v) is 4.82. The molecule has 29 heavy (non-hydrogen) atoms. The highest BCUT2D eigenvalue weighted by Crippen LogP contribution is 2.20. The molecule has 0 aliphatic rings. The van der Waals surface area contributed by atoms with Gasteiger partial charge in [-0.25, -0.2) is 4.99 Å². The Morgan fingerprint density at radius 3 is 2.28 bits per heavy atom. The van der Waals surface area contributed by atoms with E-state index in [2.05, 4.69) is 43.3 Å². The van der Waals surface area contributed by atoms with Gasteiger partial charge in [-0.15, -0.1) is 0 Å². The van der Waals surface area contributed by atoms with Gasteiger partial charge in [0.05, 0.1) is 6.54 Å². The Bertz CT molecular complexity index is 1180. The second kappa shape index (κ2) is 8.53. The molecule has 3 heteroatoms. The molecule has 0 aliphatic heterocycles. The molecular formula is C26H23N3. The number of aryl methyl sites for hydroxylation is 1. The van der Waals surface area contributed by atoms with Gasteiger partial charge in [-0.1, -0.05) is 103 Å². The summed E-state index contributed by atoms with van der Waals surface area (Å²) in [6.07, 6.45) is 0. The van der Waals surface area contributed by atoms with E-state index >= 15 is 0 Å². The predicted octanol–water partition coefficient (Wildman–Crippen LogP) is 5.50. The topological polar surface area (TPSA) is 50.7 Å². The van der Waals surface area contributed by atoms with Crippen molar-refractivity contribution in [1.82, 2.24) is 0 Å². The van der Waals surface area contributed by atoms with E-state index in [0.717, 1.165) is 27.5 Å². The van der Waals surface area contributed by atoms with Crippen molar-refractivity contribution in [2.45, 2.75) is 13.5 Å². The van der Waals surface area contributed by atoms with Crippen molar-refractivity contribution in [3.63, 3.8) is 0 Å². The van der Waals surface area contributed by atoms with Crippen LogP contribution < -0.4 is 5.73 Å². The minimum Gasteiger partial charge on any atom is -0.383 e. The van der Waals surface area contributed by atoms with Crippen LogP contribution in [0.25, 0.3) is 10.8 Å². The van der Waals surface area contributed by atoms with Crippen LogP contribution in [0.1, 0.15) is 22.3 Å². The Kier molecular flexibility index (Phi) is 5.48. The molecule has 3 nitrogen and oxygen atoms in total. The van der Waals surface area contributed by atoms with Crippen LogP contribution in [0.3, 0.4) is 0 Å². The summed E-state index contributed by atoms with van der Waals surface area (Å²) < 4.78 is 0. The summed E-state index contributed by atoms with van der Waals surface area (Å²) >= 11 is 0. The fourth-order valence-corrected chi connectivity index (χ4v) is 3.33. The molecule has 0 aliphatic carbocycles. The number of aliphatic imine (C=N–C) groups is 2. The lowest BCUT2D eigenvalue weighted by Gasteiger charge is -2.09. The summed E-state index contributed by atoms with van der Waals surface area (Å²) in [6, 6.07) is 32.6. The molecule has 0 saturated heterocycles. The average molecular weight is 377 g/mol. The van der Waals surface area contributed by atoms with E-state index in [4.69, 9.17) is 15.7 Å². The largest absolute Gasteiger partial charge is 0.383 e. The maximum absolute atomic E-state index is 6.48. The Morgan fingerprint density at radius 2 is 1.52 bits per heavy atom. The van der Waals surface area contributed by atoms with Crippen LogP contribution in [-0.2, 0) is 6.54 Å². The van der Waals surface area contributed by atoms with E-state index in [0.29, 0.717) is 18.2 Å². The quantitative estimate of drug-likeness (QED) is 0.370. The standard InChI is InChI=1S/C26H23N3/c1-19-15-16-23-22(17-19)13-8-14-24(23)25(27)29-26(21-11-6-3-7-12-21)28-18-20-9-4-2-5-10-20/h2-17H,18H2,1H3,(H2,27,28,29). The summed E-state index contributed by atoms with van der Waals surface area (Å²) in [6.45, 7) is 2.64. The predicted molar refractivity (Wildman–Crippen MR) is 123 cm³/mol. The summed E-state index contributed by atoms with van der Waals surface area (Å²) in [5.74, 6) is 1.10. The first-order valence-corrected chi connectivity index (χ1v) is 9.68. The minimum absolute atomic E-state index is 0.468. The van der Waals surface area contributed by atoms with Gasteiger partial charge in [-0.2, -0.15) is 0 Å². The monoisotopic (exact) mass is 377 g/mol. The van der Waals surface area contributed by atoms with Gasteiger partial charge in [0, 0.05) is 11.1 Å². The van der Waals surface area contributed by atoms with E-state index in [1.165, 1.54) is 5.56 Å². The molecule has 0 bridgehead atoms. The number of rotatable bonds is 4. The van der Waals surface area contributed by atoms with E-state index in [9.17, 15) is 0 Å². The number of hydrogen-bond donors (Lipinski definition) is 1. The highest BCUT2D eigenvalue weighted by molar-refractivity contribution is 6.15. The number of fused-ring (bicyclic) bond motifs is 1. The summed E-state index contributed by atoms with van der Waals surface area (Å²) in [5, 5.41) is 2.25. The minimum atomic E-state index is 0.468. The fraction of sp³-hybridized carbons (Fsp3) is 0.0769. The third kappa shape index (κ3) is 4.41. The first-order valence-electron chi connectivity index (χ1n) is 9.68. The van der Waals surface area contributed by atoms with Crippen LogP contribution >= 0.6 is 0 Å². The summed E-state index contributed by atoms with van der Waals surface area (Å²) in [5.41, 5.74) is 10.7. The summed E-state index contributed by atoms with van der Waals surface area (Å²) in [7, 11) is 0. The molecular weight excluding hydrogens is 354 g/mol. The van der Waals surface area contributed by atoms with Gasteiger partial charge in [0.25, 0.3) is 0 Å². The zero-order valence-electron chi connectivity index (χ0n) is 16.4. The molecule has 0 amide bonds. The fourth-order valence-electron chi connectivity index (χ4n) is 3.33. The van der Waals surface area contributed by atoms with Crippen molar-refractivity contribution < 1.29 is 0 Å². The molecule has 4 aromatic carbocycles. The molecule has 0 unspecified atom stereocenters. The summed E-state index contributed by atoms with van der Waals surface area (Å²) in [4.78, 5) is 9.52. The maximum Gasteiger partial charge on any atom is 0.157 e. The van der Waals surface area contributed by atoms with Gasteiger partial charge >= 0.3 is 0 Å². The highest BCUT2D eigenvalue weighted by atomic mass is 15.0. The number of nitrogens with zero attached hydrogens (tertiary/aromatic N) is 2. The number of amidine groups is 2. The van der Waals surface area contributed by atoms with Crippen LogP contribution in [0.4, 0.5) is 0 Å². The van der Waals surface area contributed by atoms with E-state index in [-0.39, 0.29) is 0 Å². The Labute approximate surface area is 171 Å². The number of nitrogens with two attached hydrogens (primary N) is 1. The van der Waals surface area contributed by atoms with Crippen molar-refractivity contribution in [1.29, 1.82) is 0 Å². The van der Waals surface area contributed by atoms with Gasteiger partial charge in [0.2, 0.25) is 0 Å². The maximum atomic E-state index is 6.48. The first kappa shape index (κ1) is 18.6. The van der Waals surface area contributed by atoms with Gasteiger partial charge in [-0.05, 0) is 23.3 Å². The first-order chi connectivity index (χ1) is 14.2. The van der Waals surface area contributed by atoms with E-state index < -0.39 is 0 Å². The van der Waals surface area contributed by atoms with Gasteiger partial charge in [0.15, 0.2) is 5.84 Å². The molecule has 142 valence electrons. The highest BCUT2D eigenvalue weighted by Gasteiger charge is 2.08. The normalized spacial score (nSPS) is 12.3. The second-order valence-corrected chi connectivity index (χ2v) is 7.02. The van der Waals surface area contributed by atoms with Crippen LogP contribution in [0, 0.1) is 6.92 Å². The van der Waals surface area contributed by atoms with Crippen molar-refractivity contribution in [3.05, 3.63) is 119 Å². The Balaban J connectivity index is 1.76. The number of hydrogen-bond acceptors (Lipinski definition) is 1. The van der Waals surface area contributed by atoms with Crippen LogP contribution in [0.15, 0.2) is 107 Å². The van der Waals surface area contributed by atoms with Crippen LogP contribution in [0.5, 0.6) is 0 Å². The number of benzene rings is 4. The van der Waals surface area contributed by atoms with E-state index in [1.54, 1.807) is 0 Å². The lowest BCUT2D eigenvalue weighted by molar-refractivity contribution is 1.06. The molecule has 4 aromatic rings. The van der Waals surface area contributed by atoms with Crippen molar-refractivity contribution in [3.8, 4) is 0 Å². The molecule has 0 aromatic heterocycles. The SMILES string of the molecule is Cc1ccc2c(C(N)=NC(=NCc3ccccc3)c3ccccc3)cccc2c1. The molecule has 0 heterocycles. The van der Waals surface area contributed by atoms with Crippen molar-refractivity contribution >= 4 is 22.4 Å². The molecule has 0 saturated carbocycles. The lowest BCUT2D eigenvalue weighted by atomic mass is 10.0. The lowest BCUT2D eigenvalue weighted by Crippen LogP contribution is -2.17. The zero-order chi connectivity index (χ0) is 20.1. The Morgan fingerprint density at radius 1 is 0.793 bits per heavy atom. The molecule has 2 N–H and O–H groups in total. The molecule has 0 fully saturated rings. The average Bonchev–Trinajstić information content (AvgIpc) is 2.77. The Hall–Kier alpha value is -3.72. The smallest absolute Gasteiger partial charge is 0.157 e. The van der Waals surface area contributed by atoms with Crippen molar-refractivity contribution in [2.24, 2.45) is 15.7 Å². The van der Waals surface area contributed by atoms with Gasteiger partial charge in [-0.3, -0.25) is 4.99 Å². The van der Waals surface area contributed by atoms with Crippen molar-refractivity contribution in [2.75, 3.05) is 0 Å². The van der Waals surface area contributed by atoms with Crippen LogP contribution in [-0.4, -0.2) is 11.7 Å². The molecule has 0 atom stereocenters. The molecule has 4 rings (SSSR count). The van der Waals surface area contributed by atoms with Crippen LogP contribution in [0.2, 0.25) is 0 Å². The van der Waals surface area contributed by atoms with E-state index in [1.807, 2.05) is 60.7 Å². The third-order valence-electron chi connectivity index (χ3n) is 4.82. The molecule has 0 spiro atoms.